The van der Waals surface area contributed by atoms with Crippen LogP contribution in [0.5, 0.6) is 0 Å². The number of carbonyl (C=O) groups excluding carboxylic acids is 1. The standard InChI is InChI=1S/C16H23N3OS/c1-9(2)15-18-11(4)14(21-15)12(5)19(6)16(20)13-7-8-17-10(13)3/h7-9,12,17H,1-6H3/t12-/m0/s1. The highest BCUT2D eigenvalue weighted by Gasteiger charge is 2.24. The normalized spacial score (nSPS) is 12.7. The van der Waals surface area contributed by atoms with Crippen molar-refractivity contribution in [2.24, 2.45) is 0 Å². The number of aromatic nitrogens is 2. The first-order chi connectivity index (χ1) is 9.82. The molecule has 0 aliphatic heterocycles. The number of hydrogen-bond acceptors (Lipinski definition) is 3. The van der Waals surface area contributed by atoms with Gasteiger partial charge < -0.3 is 9.88 Å². The van der Waals surface area contributed by atoms with Gasteiger partial charge in [0.25, 0.3) is 5.91 Å². The average Bonchev–Trinajstić information content (AvgIpc) is 3.02. The quantitative estimate of drug-likeness (QED) is 0.926. The number of carbonyl (C=O) groups is 1. The number of thiazole rings is 1. The molecule has 1 atom stereocenters. The van der Waals surface area contributed by atoms with Gasteiger partial charge in [-0.2, -0.15) is 0 Å². The third kappa shape index (κ3) is 3.02. The van der Waals surface area contributed by atoms with E-state index in [4.69, 9.17) is 0 Å². The number of hydrogen-bond donors (Lipinski definition) is 1. The smallest absolute Gasteiger partial charge is 0.255 e. The molecule has 1 N–H and O–H groups in total. The number of nitrogens with one attached hydrogen (secondary N) is 1. The lowest BCUT2D eigenvalue weighted by Gasteiger charge is -2.24. The van der Waals surface area contributed by atoms with Gasteiger partial charge in [-0.05, 0) is 26.8 Å². The van der Waals surface area contributed by atoms with Crippen LogP contribution in [-0.4, -0.2) is 27.8 Å². The minimum Gasteiger partial charge on any atom is -0.365 e. The fourth-order valence-corrected chi connectivity index (χ4v) is 3.46. The van der Waals surface area contributed by atoms with Gasteiger partial charge in [0.05, 0.1) is 22.3 Å². The van der Waals surface area contributed by atoms with Crippen molar-refractivity contribution in [3.05, 3.63) is 39.1 Å². The van der Waals surface area contributed by atoms with Gasteiger partial charge in [0.1, 0.15) is 0 Å². The van der Waals surface area contributed by atoms with Gasteiger partial charge in [-0.15, -0.1) is 11.3 Å². The van der Waals surface area contributed by atoms with Crippen LogP contribution < -0.4 is 0 Å². The molecule has 2 aromatic heterocycles. The summed E-state index contributed by atoms with van der Waals surface area (Å²) in [5, 5.41) is 1.13. The lowest BCUT2D eigenvalue weighted by molar-refractivity contribution is 0.0744. The fourth-order valence-electron chi connectivity index (χ4n) is 2.29. The van der Waals surface area contributed by atoms with E-state index in [9.17, 15) is 4.79 Å². The van der Waals surface area contributed by atoms with E-state index in [2.05, 4.69) is 30.7 Å². The van der Waals surface area contributed by atoms with Crippen LogP contribution in [0.2, 0.25) is 0 Å². The van der Waals surface area contributed by atoms with Gasteiger partial charge in [0, 0.05) is 29.7 Å². The number of H-pyrrole nitrogens is 1. The second-order valence-corrected chi connectivity index (χ2v) is 6.83. The van der Waals surface area contributed by atoms with E-state index in [0.29, 0.717) is 5.92 Å². The second-order valence-electron chi connectivity index (χ2n) is 5.76. The summed E-state index contributed by atoms with van der Waals surface area (Å²) in [5.74, 6) is 0.461. The van der Waals surface area contributed by atoms with E-state index in [1.54, 1.807) is 22.4 Å². The molecule has 0 saturated carbocycles. The van der Waals surface area contributed by atoms with Crippen LogP contribution in [0.3, 0.4) is 0 Å². The van der Waals surface area contributed by atoms with Crippen LogP contribution in [0.25, 0.3) is 0 Å². The molecule has 0 aliphatic carbocycles. The van der Waals surface area contributed by atoms with E-state index < -0.39 is 0 Å². The van der Waals surface area contributed by atoms with Crippen LogP contribution in [0.4, 0.5) is 0 Å². The molecule has 0 bridgehead atoms. The van der Waals surface area contributed by atoms with E-state index >= 15 is 0 Å². The number of amides is 1. The zero-order chi connectivity index (χ0) is 15.7. The maximum Gasteiger partial charge on any atom is 0.255 e. The first-order valence-corrected chi connectivity index (χ1v) is 8.03. The molecule has 0 saturated heterocycles. The molecular weight excluding hydrogens is 282 g/mol. The highest BCUT2D eigenvalue weighted by Crippen LogP contribution is 2.32. The molecule has 0 radical (unpaired) electrons. The van der Waals surface area contributed by atoms with Crippen molar-refractivity contribution in [3.8, 4) is 0 Å². The van der Waals surface area contributed by atoms with Crippen molar-refractivity contribution in [2.45, 2.75) is 46.6 Å². The molecule has 21 heavy (non-hydrogen) atoms. The van der Waals surface area contributed by atoms with Crippen molar-refractivity contribution in [2.75, 3.05) is 7.05 Å². The minimum atomic E-state index is 0.0248. The van der Waals surface area contributed by atoms with E-state index in [1.165, 1.54) is 4.88 Å². The summed E-state index contributed by atoms with van der Waals surface area (Å²) in [5.41, 5.74) is 2.67. The lowest BCUT2D eigenvalue weighted by Crippen LogP contribution is -2.29. The van der Waals surface area contributed by atoms with Crippen LogP contribution in [0, 0.1) is 13.8 Å². The molecule has 114 valence electrons. The molecule has 0 unspecified atom stereocenters. The van der Waals surface area contributed by atoms with Gasteiger partial charge in [-0.3, -0.25) is 4.79 Å². The summed E-state index contributed by atoms with van der Waals surface area (Å²) in [6, 6.07) is 1.86. The van der Waals surface area contributed by atoms with Gasteiger partial charge in [-0.25, -0.2) is 4.98 Å². The molecule has 0 aromatic carbocycles. The van der Waals surface area contributed by atoms with Crippen LogP contribution in [-0.2, 0) is 0 Å². The third-order valence-electron chi connectivity index (χ3n) is 3.81. The topological polar surface area (TPSA) is 49.0 Å². The lowest BCUT2D eigenvalue weighted by atomic mass is 10.1. The summed E-state index contributed by atoms with van der Waals surface area (Å²) in [4.78, 5) is 23.2. The van der Waals surface area contributed by atoms with Crippen LogP contribution >= 0.6 is 11.3 Å². The molecule has 0 spiro atoms. The van der Waals surface area contributed by atoms with Crippen molar-refractivity contribution in [1.82, 2.24) is 14.9 Å². The van der Waals surface area contributed by atoms with Crippen molar-refractivity contribution in [3.63, 3.8) is 0 Å². The number of aromatic amines is 1. The summed E-state index contributed by atoms with van der Waals surface area (Å²) in [7, 11) is 1.85. The minimum absolute atomic E-state index is 0.0248. The van der Waals surface area contributed by atoms with E-state index in [1.807, 2.05) is 27.0 Å². The molecular formula is C16H23N3OS. The van der Waals surface area contributed by atoms with E-state index in [0.717, 1.165) is 22.0 Å². The summed E-state index contributed by atoms with van der Waals surface area (Å²) >= 11 is 1.71. The Morgan fingerprint density at radius 2 is 2.00 bits per heavy atom. The Labute approximate surface area is 130 Å². The zero-order valence-electron chi connectivity index (χ0n) is 13.5. The molecule has 2 rings (SSSR count). The molecule has 1 amide bonds. The summed E-state index contributed by atoms with van der Waals surface area (Å²) in [6.45, 7) is 10.3. The Bertz CT molecular complexity index is 642. The molecule has 0 aliphatic rings. The Balaban J connectivity index is 2.25. The Hall–Kier alpha value is -1.62. The van der Waals surface area contributed by atoms with Crippen molar-refractivity contribution >= 4 is 17.2 Å². The first kappa shape index (κ1) is 15.8. The Morgan fingerprint density at radius 3 is 2.48 bits per heavy atom. The maximum atomic E-state index is 12.6. The Kier molecular flexibility index (Phi) is 4.52. The number of aryl methyl sites for hydroxylation is 2. The molecule has 2 heterocycles. The molecule has 0 fully saturated rings. The zero-order valence-corrected chi connectivity index (χ0v) is 14.3. The maximum absolute atomic E-state index is 12.6. The van der Waals surface area contributed by atoms with Crippen molar-refractivity contribution < 1.29 is 4.79 Å². The van der Waals surface area contributed by atoms with Gasteiger partial charge in [0.15, 0.2) is 0 Å². The van der Waals surface area contributed by atoms with E-state index in [-0.39, 0.29) is 11.9 Å². The average molecular weight is 305 g/mol. The predicted octanol–water partition coefficient (Wildman–Crippen LogP) is 4.04. The van der Waals surface area contributed by atoms with Gasteiger partial charge in [-0.1, -0.05) is 13.8 Å². The molecule has 4 nitrogen and oxygen atoms in total. The highest BCUT2D eigenvalue weighted by atomic mass is 32.1. The Morgan fingerprint density at radius 1 is 1.33 bits per heavy atom. The van der Waals surface area contributed by atoms with Crippen LogP contribution in [0.1, 0.15) is 64.4 Å². The van der Waals surface area contributed by atoms with Crippen molar-refractivity contribution in [1.29, 1.82) is 0 Å². The first-order valence-electron chi connectivity index (χ1n) is 7.21. The SMILES string of the molecule is Cc1nc(C(C)C)sc1[C@H](C)N(C)C(=O)c1cc[nH]c1C. The predicted molar refractivity (Wildman–Crippen MR) is 87.0 cm³/mol. The molecule has 5 heteroatoms. The van der Waals surface area contributed by atoms with Crippen LogP contribution in [0.15, 0.2) is 12.3 Å². The monoisotopic (exact) mass is 305 g/mol. The highest BCUT2D eigenvalue weighted by molar-refractivity contribution is 7.11. The third-order valence-corrected chi connectivity index (χ3v) is 5.44. The molecule has 2 aromatic rings. The van der Waals surface area contributed by atoms with Gasteiger partial charge >= 0.3 is 0 Å². The largest absolute Gasteiger partial charge is 0.365 e. The number of rotatable bonds is 4. The fraction of sp³-hybridized carbons (Fsp3) is 0.500. The second kappa shape index (κ2) is 6.02. The summed E-state index contributed by atoms with van der Waals surface area (Å²) < 4.78 is 0. The summed E-state index contributed by atoms with van der Waals surface area (Å²) in [6.07, 6.45) is 1.80. The number of nitrogens with zero attached hydrogens (tertiary/aromatic N) is 2. The van der Waals surface area contributed by atoms with Gasteiger partial charge in [0.2, 0.25) is 0 Å².